The Morgan fingerprint density at radius 1 is 1.00 bits per heavy atom. The molecule has 1 N–H and O–H groups in total. The minimum atomic E-state index is -0.461. The van der Waals surface area contributed by atoms with Gasteiger partial charge in [-0.25, -0.2) is 0 Å². The lowest BCUT2D eigenvalue weighted by Gasteiger charge is -2.39. The molecule has 5 rings (SSSR count). The lowest BCUT2D eigenvalue weighted by molar-refractivity contribution is -0.128. The number of imide groups is 1. The Morgan fingerprint density at radius 2 is 1.68 bits per heavy atom. The maximum atomic E-state index is 12.6. The number of fused-ring (bicyclic) bond motifs is 8. The van der Waals surface area contributed by atoms with Crippen molar-refractivity contribution >= 4 is 11.8 Å². The van der Waals surface area contributed by atoms with Crippen LogP contribution in [-0.2, 0) is 15.1 Å². The van der Waals surface area contributed by atoms with Crippen LogP contribution in [0.25, 0.3) is 0 Å². The van der Waals surface area contributed by atoms with E-state index in [1.807, 2.05) is 30.3 Å². The highest BCUT2D eigenvalue weighted by atomic mass is 16.2. The Hall–Kier alpha value is -2.46. The number of nitrogens with one attached hydrogen (secondary N) is 1. The number of carbonyl (C=O) groups excluding carboxylic acids is 2. The predicted molar refractivity (Wildman–Crippen MR) is 93.4 cm³/mol. The Labute approximate surface area is 146 Å². The van der Waals surface area contributed by atoms with Crippen molar-refractivity contribution in [1.82, 2.24) is 10.2 Å². The van der Waals surface area contributed by atoms with Gasteiger partial charge in [-0.1, -0.05) is 54.6 Å². The second-order valence-corrected chi connectivity index (χ2v) is 7.53. The summed E-state index contributed by atoms with van der Waals surface area (Å²) in [6.45, 7) is 4.31. The highest BCUT2D eigenvalue weighted by molar-refractivity contribution is 6.07. The highest BCUT2D eigenvalue weighted by Crippen LogP contribution is 2.66. The summed E-state index contributed by atoms with van der Waals surface area (Å²) >= 11 is 0. The van der Waals surface area contributed by atoms with Crippen LogP contribution in [0, 0.1) is 11.8 Å². The number of amides is 2. The summed E-state index contributed by atoms with van der Waals surface area (Å²) in [6.07, 6.45) is 0. The van der Waals surface area contributed by atoms with Crippen molar-refractivity contribution in [3.63, 3.8) is 0 Å². The van der Waals surface area contributed by atoms with Gasteiger partial charge in [0.05, 0.1) is 17.4 Å². The molecule has 0 aromatic heterocycles. The van der Waals surface area contributed by atoms with Crippen LogP contribution < -0.4 is 5.32 Å². The third kappa shape index (κ3) is 1.65. The van der Waals surface area contributed by atoms with E-state index in [0.717, 1.165) is 0 Å². The van der Waals surface area contributed by atoms with Gasteiger partial charge < -0.3 is 0 Å². The maximum absolute atomic E-state index is 12.6. The number of nitrogens with zero attached hydrogens (tertiary/aromatic N) is 1. The summed E-state index contributed by atoms with van der Waals surface area (Å²) in [5.74, 6) is -0.854. The van der Waals surface area contributed by atoms with Crippen LogP contribution in [0.15, 0.2) is 54.6 Å². The first-order chi connectivity index (χ1) is 12.0. The van der Waals surface area contributed by atoms with Gasteiger partial charge in [0, 0.05) is 12.1 Å². The molecule has 4 nitrogen and oxygen atoms in total. The summed E-state index contributed by atoms with van der Waals surface area (Å²) < 4.78 is 0. The number of hydrogen-bond acceptors (Lipinski definition) is 3. The Kier molecular flexibility index (Phi) is 2.85. The third-order valence-corrected chi connectivity index (χ3v) is 6.50. The topological polar surface area (TPSA) is 49.4 Å². The number of benzene rings is 2. The van der Waals surface area contributed by atoms with E-state index < -0.39 is 5.54 Å². The highest BCUT2D eigenvalue weighted by Gasteiger charge is 2.70. The van der Waals surface area contributed by atoms with Crippen LogP contribution in [0.1, 0.15) is 42.6 Å². The Bertz CT molecular complexity index is 894. The first-order valence-electron chi connectivity index (χ1n) is 8.82. The summed E-state index contributed by atoms with van der Waals surface area (Å²) in [7, 11) is 0. The Morgan fingerprint density at radius 3 is 2.44 bits per heavy atom. The molecule has 0 radical (unpaired) electrons. The van der Waals surface area contributed by atoms with E-state index in [-0.39, 0.29) is 35.7 Å². The van der Waals surface area contributed by atoms with Crippen LogP contribution >= 0.6 is 0 Å². The van der Waals surface area contributed by atoms with Crippen LogP contribution in [-0.4, -0.2) is 16.7 Å². The largest absolute Gasteiger partial charge is 0.296 e. The van der Waals surface area contributed by atoms with Gasteiger partial charge in [-0.15, -0.1) is 0 Å². The van der Waals surface area contributed by atoms with E-state index in [4.69, 9.17) is 0 Å². The lowest BCUT2D eigenvalue weighted by atomic mass is 9.70. The smallest absolute Gasteiger partial charge is 0.232 e. The van der Waals surface area contributed by atoms with E-state index in [1.54, 1.807) is 0 Å². The zero-order chi connectivity index (χ0) is 17.3. The van der Waals surface area contributed by atoms with Gasteiger partial charge in [-0.2, -0.15) is 0 Å². The summed E-state index contributed by atoms with van der Waals surface area (Å²) in [5, 5.41) is 2.57. The van der Waals surface area contributed by atoms with Crippen LogP contribution in [0.2, 0.25) is 0 Å². The number of carbonyl (C=O) groups is 2. The molecule has 2 amide bonds. The zero-order valence-corrected chi connectivity index (χ0v) is 14.3. The molecular formula is C21H20N2O2. The van der Waals surface area contributed by atoms with Crippen molar-refractivity contribution < 1.29 is 9.59 Å². The fourth-order valence-electron chi connectivity index (χ4n) is 5.55. The van der Waals surface area contributed by atoms with Crippen LogP contribution in [0.4, 0.5) is 0 Å². The summed E-state index contributed by atoms with van der Waals surface area (Å²) in [6, 6.07) is 18.7. The van der Waals surface area contributed by atoms with Crippen molar-refractivity contribution in [2.75, 3.05) is 0 Å². The lowest BCUT2D eigenvalue weighted by Crippen LogP contribution is -2.44. The second-order valence-electron chi connectivity index (χ2n) is 7.53. The quantitative estimate of drug-likeness (QED) is 0.860. The van der Waals surface area contributed by atoms with Crippen LogP contribution in [0.3, 0.4) is 0 Å². The van der Waals surface area contributed by atoms with Crippen molar-refractivity contribution in [1.29, 1.82) is 0 Å². The average molecular weight is 332 g/mol. The molecule has 2 bridgehead atoms. The van der Waals surface area contributed by atoms with Gasteiger partial charge in [0.1, 0.15) is 0 Å². The average Bonchev–Trinajstić information content (AvgIpc) is 3.18. The van der Waals surface area contributed by atoms with Crippen LogP contribution in [0.5, 0.6) is 0 Å². The zero-order valence-electron chi connectivity index (χ0n) is 14.3. The minimum absolute atomic E-state index is 0.0483. The maximum Gasteiger partial charge on any atom is 0.232 e. The second kappa shape index (κ2) is 4.79. The molecule has 0 aliphatic carbocycles. The molecule has 25 heavy (non-hydrogen) atoms. The molecule has 2 aromatic carbocycles. The van der Waals surface area contributed by atoms with E-state index in [0.29, 0.717) is 0 Å². The van der Waals surface area contributed by atoms with E-state index in [9.17, 15) is 9.59 Å². The van der Waals surface area contributed by atoms with E-state index in [2.05, 4.69) is 48.3 Å². The number of rotatable bonds is 2. The van der Waals surface area contributed by atoms with Crippen molar-refractivity contribution in [2.24, 2.45) is 11.8 Å². The molecule has 2 aromatic rings. The van der Waals surface area contributed by atoms with Gasteiger partial charge in [0.25, 0.3) is 0 Å². The standard InChI is InChI=1S/C21H20N2O2/c1-12(13-8-4-3-5-9-13)23-18-14-10-6-7-11-15(14)21(23,2)17-16(18)19(24)22-20(17)25/h3-12,16-18H,1-2H3,(H,22,24,25)/t12?,16-,17-,18-,21+/m0/s1. The molecule has 3 heterocycles. The van der Waals surface area contributed by atoms with Gasteiger partial charge >= 0.3 is 0 Å². The van der Waals surface area contributed by atoms with Crippen molar-refractivity contribution in [3.8, 4) is 0 Å². The van der Waals surface area contributed by atoms with Gasteiger partial charge in [0.15, 0.2) is 0 Å². The third-order valence-electron chi connectivity index (χ3n) is 6.50. The molecule has 5 atom stereocenters. The Balaban J connectivity index is 1.72. The monoisotopic (exact) mass is 332 g/mol. The predicted octanol–water partition coefficient (Wildman–Crippen LogP) is 2.92. The van der Waals surface area contributed by atoms with Gasteiger partial charge in [0.2, 0.25) is 11.8 Å². The molecule has 3 aliphatic heterocycles. The molecule has 2 fully saturated rings. The molecule has 0 spiro atoms. The molecule has 126 valence electrons. The first-order valence-corrected chi connectivity index (χ1v) is 8.82. The van der Waals surface area contributed by atoms with E-state index in [1.165, 1.54) is 16.7 Å². The molecule has 1 unspecified atom stereocenters. The molecular weight excluding hydrogens is 312 g/mol. The fourth-order valence-corrected chi connectivity index (χ4v) is 5.55. The SMILES string of the molecule is CC(c1ccccc1)N1[C@H]2c3ccccc3[C@]1(C)[C@@H]1C(=O)NC(=O)[C@@H]12. The van der Waals surface area contributed by atoms with Crippen molar-refractivity contribution in [3.05, 3.63) is 71.3 Å². The summed E-state index contributed by atoms with van der Waals surface area (Å²) in [4.78, 5) is 27.6. The molecule has 4 heteroatoms. The van der Waals surface area contributed by atoms with Gasteiger partial charge in [-0.3, -0.25) is 19.8 Å². The molecule has 3 aliphatic rings. The minimum Gasteiger partial charge on any atom is -0.296 e. The molecule has 0 saturated carbocycles. The van der Waals surface area contributed by atoms with Crippen molar-refractivity contribution in [2.45, 2.75) is 31.5 Å². The van der Waals surface area contributed by atoms with Gasteiger partial charge in [-0.05, 0) is 30.5 Å². The fraction of sp³-hybridized carbons (Fsp3) is 0.333. The first kappa shape index (κ1) is 14.8. The molecule has 2 saturated heterocycles. The normalized spacial score (nSPS) is 33.9. The summed E-state index contributed by atoms with van der Waals surface area (Å²) in [5.41, 5.74) is 3.13. The van der Waals surface area contributed by atoms with E-state index >= 15 is 0 Å². The number of hydrogen-bond donors (Lipinski definition) is 1.